The molecule has 29 heavy (non-hydrogen) atoms. The van der Waals surface area contributed by atoms with E-state index in [1.807, 2.05) is 54.8 Å². The van der Waals surface area contributed by atoms with Gasteiger partial charge >= 0.3 is 0 Å². The highest BCUT2D eigenvalue weighted by Gasteiger charge is 2.20. The number of allylic oxidation sites excluding steroid dienone is 1. The largest absolute Gasteiger partial charge is 0.494 e. The van der Waals surface area contributed by atoms with Crippen LogP contribution in [-0.4, -0.2) is 37.5 Å². The SMILES string of the molecule is C=CCn1c(S[C@@H](C)C(=O)Nc2ccc(OCC)cc2)nnc1-c1cccnc1. The summed E-state index contributed by atoms with van der Waals surface area (Å²) in [4.78, 5) is 16.8. The minimum absolute atomic E-state index is 0.116. The molecule has 0 aliphatic rings. The number of benzene rings is 1. The highest BCUT2D eigenvalue weighted by atomic mass is 32.2. The number of carbonyl (C=O) groups excluding carboxylic acids is 1. The Morgan fingerprint density at radius 2 is 2.10 bits per heavy atom. The van der Waals surface area contributed by atoms with Gasteiger partial charge in [-0.15, -0.1) is 16.8 Å². The van der Waals surface area contributed by atoms with E-state index in [0.717, 1.165) is 17.0 Å². The van der Waals surface area contributed by atoms with E-state index in [4.69, 9.17) is 4.74 Å². The lowest BCUT2D eigenvalue weighted by atomic mass is 10.3. The number of hydrogen-bond acceptors (Lipinski definition) is 6. The molecule has 3 rings (SSSR count). The van der Waals surface area contributed by atoms with Crippen molar-refractivity contribution in [3.05, 3.63) is 61.4 Å². The Bertz CT molecular complexity index is 957. The monoisotopic (exact) mass is 409 g/mol. The highest BCUT2D eigenvalue weighted by Crippen LogP contribution is 2.27. The maximum absolute atomic E-state index is 12.6. The van der Waals surface area contributed by atoms with Gasteiger partial charge in [-0.25, -0.2) is 0 Å². The van der Waals surface area contributed by atoms with E-state index in [1.54, 1.807) is 18.5 Å². The van der Waals surface area contributed by atoms with Crippen LogP contribution in [0.2, 0.25) is 0 Å². The van der Waals surface area contributed by atoms with E-state index in [1.165, 1.54) is 11.8 Å². The quantitative estimate of drug-likeness (QED) is 0.424. The van der Waals surface area contributed by atoms with Crippen LogP contribution in [0.4, 0.5) is 5.69 Å². The van der Waals surface area contributed by atoms with Crippen molar-refractivity contribution in [1.82, 2.24) is 19.7 Å². The van der Waals surface area contributed by atoms with Crippen molar-refractivity contribution in [1.29, 1.82) is 0 Å². The number of aromatic nitrogens is 4. The fraction of sp³-hybridized carbons (Fsp3) is 0.238. The van der Waals surface area contributed by atoms with Gasteiger partial charge in [0.15, 0.2) is 11.0 Å². The van der Waals surface area contributed by atoms with Gasteiger partial charge < -0.3 is 10.1 Å². The van der Waals surface area contributed by atoms with Gasteiger partial charge in [0.1, 0.15) is 5.75 Å². The fourth-order valence-corrected chi connectivity index (χ4v) is 3.49. The second kappa shape index (κ2) is 9.88. The van der Waals surface area contributed by atoms with Gasteiger partial charge in [-0.3, -0.25) is 14.3 Å². The van der Waals surface area contributed by atoms with E-state index in [9.17, 15) is 4.79 Å². The highest BCUT2D eigenvalue weighted by molar-refractivity contribution is 8.00. The Balaban J connectivity index is 1.71. The third-order valence-electron chi connectivity index (χ3n) is 4.03. The molecule has 1 N–H and O–H groups in total. The number of thioether (sulfide) groups is 1. The van der Waals surface area contributed by atoms with Crippen LogP contribution in [-0.2, 0) is 11.3 Å². The number of nitrogens with one attached hydrogen (secondary N) is 1. The molecule has 0 unspecified atom stereocenters. The lowest BCUT2D eigenvalue weighted by molar-refractivity contribution is -0.115. The van der Waals surface area contributed by atoms with Crippen molar-refractivity contribution < 1.29 is 9.53 Å². The minimum atomic E-state index is -0.365. The van der Waals surface area contributed by atoms with Crippen molar-refractivity contribution in [2.45, 2.75) is 30.8 Å². The molecule has 0 aliphatic heterocycles. The molecule has 0 bridgehead atoms. The predicted octanol–water partition coefficient (Wildman–Crippen LogP) is 4.04. The molecule has 8 heteroatoms. The molecule has 0 fully saturated rings. The van der Waals surface area contributed by atoms with E-state index < -0.39 is 0 Å². The molecule has 0 aliphatic carbocycles. The summed E-state index contributed by atoms with van der Waals surface area (Å²) in [6.45, 7) is 8.72. The fourth-order valence-electron chi connectivity index (χ4n) is 2.63. The Hall–Kier alpha value is -3.13. The molecular weight excluding hydrogens is 386 g/mol. The van der Waals surface area contributed by atoms with Crippen LogP contribution in [0.5, 0.6) is 5.75 Å². The Morgan fingerprint density at radius 3 is 2.76 bits per heavy atom. The number of carbonyl (C=O) groups is 1. The zero-order chi connectivity index (χ0) is 20.6. The van der Waals surface area contributed by atoms with Gasteiger partial charge in [0, 0.05) is 30.2 Å². The molecule has 0 saturated carbocycles. The zero-order valence-corrected chi connectivity index (χ0v) is 17.2. The smallest absolute Gasteiger partial charge is 0.237 e. The number of pyridine rings is 1. The first-order valence-electron chi connectivity index (χ1n) is 9.27. The minimum Gasteiger partial charge on any atom is -0.494 e. The molecule has 2 heterocycles. The van der Waals surface area contributed by atoms with Crippen LogP contribution < -0.4 is 10.1 Å². The summed E-state index contributed by atoms with van der Waals surface area (Å²) in [6, 6.07) is 11.1. The molecule has 1 amide bonds. The van der Waals surface area contributed by atoms with Crippen molar-refractivity contribution in [2.75, 3.05) is 11.9 Å². The number of hydrogen-bond donors (Lipinski definition) is 1. The second-order valence-corrected chi connectivity index (χ2v) is 7.46. The van der Waals surface area contributed by atoms with Crippen LogP contribution in [0.1, 0.15) is 13.8 Å². The topological polar surface area (TPSA) is 81.9 Å². The lowest BCUT2D eigenvalue weighted by Crippen LogP contribution is -2.23. The molecule has 2 aromatic heterocycles. The van der Waals surface area contributed by atoms with Crippen LogP contribution >= 0.6 is 11.8 Å². The Kier molecular flexibility index (Phi) is 7.02. The maximum Gasteiger partial charge on any atom is 0.237 e. The number of amides is 1. The summed E-state index contributed by atoms with van der Waals surface area (Å²) in [6.07, 6.45) is 5.22. The van der Waals surface area contributed by atoms with Crippen LogP contribution in [0.3, 0.4) is 0 Å². The standard InChI is InChI=1S/C21H23N5O2S/c1-4-13-26-19(16-7-6-12-22-14-16)24-25-21(26)29-15(3)20(27)23-17-8-10-18(11-9-17)28-5-2/h4,6-12,14-15H,1,5,13H2,2-3H3,(H,23,27)/t15-/m0/s1. The normalized spacial score (nSPS) is 11.7. The molecule has 0 saturated heterocycles. The summed E-state index contributed by atoms with van der Waals surface area (Å²) in [5.41, 5.74) is 1.58. The predicted molar refractivity (Wildman–Crippen MR) is 115 cm³/mol. The third-order valence-corrected chi connectivity index (χ3v) is 5.11. The molecule has 0 spiro atoms. The molecule has 150 valence electrons. The number of nitrogens with zero attached hydrogens (tertiary/aromatic N) is 4. The second-order valence-electron chi connectivity index (χ2n) is 6.15. The first-order valence-corrected chi connectivity index (χ1v) is 10.1. The first-order chi connectivity index (χ1) is 14.1. The lowest BCUT2D eigenvalue weighted by Gasteiger charge is -2.13. The summed E-state index contributed by atoms with van der Waals surface area (Å²) < 4.78 is 7.35. The summed E-state index contributed by atoms with van der Waals surface area (Å²) in [7, 11) is 0. The maximum atomic E-state index is 12.6. The summed E-state index contributed by atoms with van der Waals surface area (Å²) in [5.74, 6) is 1.35. The van der Waals surface area contributed by atoms with Gasteiger partial charge in [-0.1, -0.05) is 17.8 Å². The average Bonchev–Trinajstić information content (AvgIpc) is 3.13. The molecule has 7 nitrogen and oxygen atoms in total. The number of ether oxygens (including phenoxy) is 1. The third kappa shape index (κ3) is 5.23. The molecule has 0 radical (unpaired) electrons. The van der Waals surface area contributed by atoms with Crippen molar-refractivity contribution in [3.8, 4) is 17.1 Å². The van der Waals surface area contributed by atoms with E-state index >= 15 is 0 Å². The number of rotatable bonds is 9. The van der Waals surface area contributed by atoms with Gasteiger partial charge in [-0.05, 0) is 50.2 Å². The average molecular weight is 410 g/mol. The van der Waals surface area contributed by atoms with Gasteiger partial charge in [-0.2, -0.15) is 0 Å². The molecular formula is C21H23N5O2S. The van der Waals surface area contributed by atoms with Gasteiger partial charge in [0.2, 0.25) is 5.91 Å². The van der Waals surface area contributed by atoms with E-state index in [0.29, 0.717) is 24.1 Å². The van der Waals surface area contributed by atoms with Crippen molar-refractivity contribution in [2.24, 2.45) is 0 Å². The van der Waals surface area contributed by atoms with Crippen LogP contribution in [0, 0.1) is 0 Å². The van der Waals surface area contributed by atoms with E-state index in [-0.39, 0.29) is 11.2 Å². The van der Waals surface area contributed by atoms with Gasteiger partial charge in [0.25, 0.3) is 0 Å². The summed E-state index contributed by atoms with van der Waals surface area (Å²) in [5, 5.41) is 11.8. The molecule has 1 atom stereocenters. The molecule has 3 aromatic rings. The van der Waals surface area contributed by atoms with Crippen molar-refractivity contribution >= 4 is 23.4 Å². The van der Waals surface area contributed by atoms with Crippen LogP contribution in [0.25, 0.3) is 11.4 Å². The van der Waals surface area contributed by atoms with Gasteiger partial charge in [0.05, 0.1) is 11.9 Å². The first kappa shape index (κ1) is 20.6. The Morgan fingerprint density at radius 1 is 1.31 bits per heavy atom. The Labute approximate surface area is 174 Å². The van der Waals surface area contributed by atoms with E-state index in [2.05, 4.69) is 27.1 Å². The summed E-state index contributed by atoms with van der Waals surface area (Å²) >= 11 is 1.35. The number of anilines is 1. The zero-order valence-electron chi connectivity index (χ0n) is 16.4. The van der Waals surface area contributed by atoms with Crippen molar-refractivity contribution in [3.63, 3.8) is 0 Å². The van der Waals surface area contributed by atoms with Crippen LogP contribution in [0.15, 0.2) is 66.6 Å². The molecule has 1 aromatic carbocycles.